The molecule has 7 nitrogen and oxygen atoms in total. The van der Waals surface area contributed by atoms with E-state index in [2.05, 4.69) is 5.10 Å². The lowest BCUT2D eigenvalue weighted by Crippen LogP contribution is -2.39. The first-order valence-electron chi connectivity index (χ1n) is 8.76. The van der Waals surface area contributed by atoms with Gasteiger partial charge in [-0.2, -0.15) is 5.10 Å². The number of hydrazone groups is 1. The van der Waals surface area contributed by atoms with E-state index in [1.165, 1.54) is 5.01 Å². The Labute approximate surface area is 166 Å². The molecule has 28 heavy (non-hydrogen) atoms. The second-order valence-electron chi connectivity index (χ2n) is 6.27. The standard InChI is InChI=1S/C20H16ClN3O4/c1-2-28-20(27)16-15-17(24(22-16)12-8-4-3-5-9-12)19(26)23(18(15)25)14-11-7-6-10-13(14)21/h3-11,15,17H,2H2,1H3/t15-,17-/m1/s1. The van der Waals surface area contributed by atoms with Crippen molar-refractivity contribution in [2.24, 2.45) is 11.0 Å². The second kappa shape index (κ2) is 7.09. The van der Waals surface area contributed by atoms with Crippen molar-refractivity contribution in [2.45, 2.75) is 13.0 Å². The third-order valence-corrected chi connectivity index (χ3v) is 4.97. The van der Waals surface area contributed by atoms with Crippen molar-refractivity contribution in [2.75, 3.05) is 16.5 Å². The van der Waals surface area contributed by atoms with Gasteiger partial charge in [-0.3, -0.25) is 14.6 Å². The normalized spacial score (nSPS) is 21.0. The van der Waals surface area contributed by atoms with Gasteiger partial charge in [0, 0.05) is 0 Å². The maximum Gasteiger partial charge on any atom is 0.355 e. The summed E-state index contributed by atoms with van der Waals surface area (Å²) in [5.41, 5.74) is 0.798. The van der Waals surface area contributed by atoms with Crippen LogP contribution in [0.1, 0.15) is 6.92 Å². The molecule has 0 spiro atoms. The molecule has 2 atom stereocenters. The third-order valence-electron chi connectivity index (χ3n) is 4.65. The topological polar surface area (TPSA) is 79.3 Å². The number of fused-ring (bicyclic) bond motifs is 1. The predicted octanol–water partition coefficient (Wildman–Crippen LogP) is 2.64. The summed E-state index contributed by atoms with van der Waals surface area (Å²) in [6.07, 6.45) is 0. The molecule has 2 aliphatic rings. The van der Waals surface area contributed by atoms with Crippen molar-refractivity contribution < 1.29 is 19.1 Å². The molecule has 1 fully saturated rings. The highest BCUT2D eigenvalue weighted by Crippen LogP contribution is 2.39. The molecule has 0 saturated carbocycles. The zero-order valence-corrected chi connectivity index (χ0v) is 15.7. The van der Waals surface area contributed by atoms with Crippen LogP contribution in [0.3, 0.4) is 0 Å². The van der Waals surface area contributed by atoms with E-state index in [4.69, 9.17) is 16.3 Å². The van der Waals surface area contributed by atoms with E-state index in [9.17, 15) is 14.4 Å². The van der Waals surface area contributed by atoms with Gasteiger partial charge >= 0.3 is 5.97 Å². The molecule has 0 N–H and O–H groups in total. The molecule has 142 valence electrons. The second-order valence-corrected chi connectivity index (χ2v) is 6.68. The monoisotopic (exact) mass is 397 g/mol. The van der Waals surface area contributed by atoms with Gasteiger partial charge in [-0.05, 0) is 31.2 Å². The molecule has 0 unspecified atom stereocenters. The number of para-hydroxylation sites is 2. The SMILES string of the molecule is CCOC(=O)C1=NN(c2ccccc2)[C@H]2C(=O)N(c3ccccc3Cl)C(=O)[C@H]12. The Kier molecular flexibility index (Phi) is 4.60. The van der Waals surface area contributed by atoms with E-state index >= 15 is 0 Å². The molecule has 2 amide bonds. The number of esters is 1. The van der Waals surface area contributed by atoms with Crippen LogP contribution in [0, 0.1) is 5.92 Å². The molecule has 8 heteroatoms. The Morgan fingerprint density at radius 3 is 2.43 bits per heavy atom. The van der Waals surface area contributed by atoms with Crippen molar-refractivity contribution in [3.63, 3.8) is 0 Å². The molecule has 0 bridgehead atoms. The van der Waals surface area contributed by atoms with Crippen LogP contribution in [0.2, 0.25) is 5.02 Å². The number of hydrogen-bond acceptors (Lipinski definition) is 6. The fourth-order valence-electron chi connectivity index (χ4n) is 3.45. The average Bonchev–Trinajstić information content (AvgIpc) is 3.21. The quantitative estimate of drug-likeness (QED) is 0.585. The Morgan fingerprint density at radius 2 is 1.75 bits per heavy atom. The minimum Gasteiger partial charge on any atom is -0.461 e. The Morgan fingerprint density at radius 1 is 1.07 bits per heavy atom. The molecular weight excluding hydrogens is 382 g/mol. The zero-order chi connectivity index (χ0) is 19.8. The highest BCUT2D eigenvalue weighted by Gasteiger charge is 2.59. The third kappa shape index (κ3) is 2.75. The van der Waals surface area contributed by atoms with E-state index in [0.717, 1.165) is 4.90 Å². The molecule has 2 heterocycles. The van der Waals surface area contributed by atoms with Crippen molar-refractivity contribution >= 4 is 46.5 Å². The number of carbonyl (C=O) groups excluding carboxylic acids is 3. The molecular formula is C20H16ClN3O4. The number of nitrogens with zero attached hydrogens (tertiary/aromatic N) is 3. The minimum atomic E-state index is -1.05. The average molecular weight is 398 g/mol. The predicted molar refractivity (Wildman–Crippen MR) is 104 cm³/mol. The van der Waals surface area contributed by atoms with Crippen LogP contribution in [0.25, 0.3) is 0 Å². The van der Waals surface area contributed by atoms with E-state index in [1.54, 1.807) is 55.5 Å². The van der Waals surface area contributed by atoms with Gasteiger partial charge in [0.25, 0.3) is 5.91 Å². The van der Waals surface area contributed by atoms with E-state index in [-0.39, 0.29) is 23.0 Å². The summed E-state index contributed by atoms with van der Waals surface area (Å²) < 4.78 is 5.06. The van der Waals surface area contributed by atoms with Crippen molar-refractivity contribution in [1.29, 1.82) is 0 Å². The van der Waals surface area contributed by atoms with Gasteiger partial charge < -0.3 is 4.74 Å². The van der Waals surface area contributed by atoms with Gasteiger partial charge in [0.2, 0.25) is 5.91 Å². The van der Waals surface area contributed by atoms with Crippen LogP contribution in [-0.4, -0.2) is 36.1 Å². The number of benzene rings is 2. The van der Waals surface area contributed by atoms with Gasteiger partial charge in [0.05, 0.1) is 23.0 Å². The summed E-state index contributed by atoms with van der Waals surface area (Å²) in [4.78, 5) is 39.9. The Bertz CT molecular complexity index is 992. The lowest BCUT2D eigenvalue weighted by molar-refractivity contribution is -0.136. The summed E-state index contributed by atoms with van der Waals surface area (Å²) in [7, 11) is 0. The molecule has 0 aliphatic carbocycles. The first kappa shape index (κ1) is 18.2. The van der Waals surface area contributed by atoms with E-state index < -0.39 is 29.7 Å². The fraction of sp³-hybridized carbons (Fsp3) is 0.200. The van der Waals surface area contributed by atoms with Crippen LogP contribution >= 0.6 is 11.6 Å². The number of amides is 2. The summed E-state index contributed by atoms with van der Waals surface area (Å²) in [5.74, 6) is -2.80. The molecule has 2 aromatic carbocycles. The van der Waals surface area contributed by atoms with Crippen molar-refractivity contribution in [1.82, 2.24) is 0 Å². The largest absolute Gasteiger partial charge is 0.461 e. The summed E-state index contributed by atoms with van der Waals surface area (Å²) >= 11 is 6.21. The molecule has 0 aromatic heterocycles. The van der Waals surface area contributed by atoms with Crippen LogP contribution < -0.4 is 9.91 Å². The van der Waals surface area contributed by atoms with Gasteiger partial charge in [0.1, 0.15) is 12.0 Å². The smallest absolute Gasteiger partial charge is 0.355 e. The van der Waals surface area contributed by atoms with Gasteiger partial charge in [-0.25, -0.2) is 9.69 Å². The summed E-state index contributed by atoms with van der Waals surface area (Å²) in [6.45, 7) is 1.80. The van der Waals surface area contributed by atoms with Crippen LogP contribution in [-0.2, 0) is 19.1 Å². The molecule has 4 rings (SSSR count). The fourth-order valence-corrected chi connectivity index (χ4v) is 3.67. The van der Waals surface area contributed by atoms with Gasteiger partial charge in [0.15, 0.2) is 5.71 Å². The highest BCUT2D eigenvalue weighted by atomic mass is 35.5. The minimum absolute atomic E-state index is 0.0800. The lowest BCUT2D eigenvalue weighted by atomic mass is 9.98. The molecule has 1 saturated heterocycles. The Hall–Kier alpha value is -3.19. The number of ether oxygens (including phenoxy) is 1. The lowest BCUT2D eigenvalue weighted by Gasteiger charge is -2.22. The maximum atomic E-state index is 13.2. The van der Waals surface area contributed by atoms with Gasteiger partial charge in [-0.15, -0.1) is 0 Å². The number of imide groups is 1. The van der Waals surface area contributed by atoms with Gasteiger partial charge in [-0.1, -0.05) is 41.9 Å². The van der Waals surface area contributed by atoms with Crippen LogP contribution in [0.15, 0.2) is 59.7 Å². The summed E-state index contributed by atoms with van der Waals surface area (Å²) in [6, 6.07) is 14.5. The first-order chi connectivity index (χ1) is 13.5. The number of rotatable bonds is 4. The number of hydrogen-bond donors (Lipinski definition) is 0. The molecule has 2 aromatic rings. The Balaban J connectivity index is 1.81. The molecule has 2 aliphatic heterocycles. The van der Waals surface area contributed by atoms with Crippen molar-refractivity contribution in [3.05, 3.63) is 59.6 Å². The maximum absolute atomic E-state index is 13.2. The number of halogens is 1. The van der Waals surface area contributed by atoms with E-state index in [0.29, 0.717) is 5.69 Å². The summed E-state index contributed by atoms with van der Waals surface area (Å²) in [5, 5.41) is 5.97. The molecule has 0 radical (unpaired) electrons. The van der Waals surface area contributed by atoms with Crippen LogP contribution in [0.4, 0.5) is 11.4 Å². The first-order valence-corrected chi connectivity index (χ1v) is 9.14. The number of anilines is 2. The van der Waals surface area contributed by atoms with E-state index in [1.807, 2.05) is 6.07 Å². The number of carbonyl (C=O) groups is 3. The van der Waals surface area contributed by atoms with Crippen molar-refractivity contribution in [3.8, 4) is 0 Å². The zero-order valence-electron chi connectivity index (χ0n) is 14.9. The van der Waals surface area contributed by atoms with Crippen LogP contribution in [0.5, 0.6) is 0 Å². The highest BCUT2D eigenvalue weighted by molar-refractivity contribution is 6.48.